The normalized spacial score (nSPS) is 11.1. The fourth-order valence-corrected chi connectivity index (χ4v) is 5.61. The number of ether oxygens (including phenoxy) is 2. The van der Waals surface area contributed by atoms with Crippen LogP contribution in [0.3, 0.4) is 0 Å². The number of hydrogen-bond acceptors (Lipinski definition) is 8. The fourth-order valence-electron chi connectivity index (χ4n) is 4.27. The van der Waals surface area contributed by atoms with E-state index in [0.29, 0.717) is 24.0 Å². The van der Waals surface area contributed by atoms with Crippen LogP contribution >= 0.6 is 0 Å². The first-order valence-corrected chi connectivity index (χ1v) is 13.7. The molecule has 10 heteroatoms. The molecule has 0 spiro atoms. The average molecular weight is 546 g/mol. The molecule has 0 saturated carbocycles. The number of para-hydroxylation sites is 1. The van der Waals surface area contributed by atoms with Gasteiger partial charge in [-0.05, 0) is 53.9 Å². The van der Waals surface area contributed by atoms with Crippen LogP contribution < -0.4 is 15.0 Å². The van der Waals surface area contributed by atoms with Crippen molar-refractivity contribution in [2.24, 2.45) is 0 Å². The molecule has 0 amide bonds. The Balaban J connectivity index is 1.91. The maximum atomic E-state index is 13.9. The number of aryl methyl sites for hydroxylation is 1. The molecule has 4 rings (SSSR count). The van der Waals surface area contributed by atoms with Crippen molar-refractivity contribution >= 4 is 9.84 Å². The van der Waals surface area contributed by atoms with Gasteiger partial charge < -0.3 is 14.6 Å². The molecule has 0 unspecified atom stereocenters. The van der Waals surface area contributed by atoms with Crippen molar-refractivity contribution in [1.82, 2.24) is 9.55 Å². The van der Waals surface area contributed by atoms with Gasteiger partial charge in [0.2, 0.25) is 15.7 Å². The van der Waals surface area contributed by atoms with E-state index >= 15 is 0 Å². The fraction of sp³-hybridized carbons (Fsp3) is 0.207. The van der Waals surface area contributed by atoms with Gasteiger partial charge in [-0.15, -0.1) is 0 Å². The molecule has 4 aromatic rings. The lowest BCUT2D eigenvalue weighted by molar-refractivity contribution is 0.386. The van der Waals surface area contributed by atoms with Gasteiger partial charge in [-0.25, -0.2) is 8.42 Å². The maximum absolute atomic E-state index is 13.9. The summed E-state index contributed by atoms with van der Waals surface area (Å²) in [7, 11) is -1.65. The smallest absolute Gasteiger partial charge is 0.281 e. The van der Waals surface area contributed by atoms with E-state index in [1.165, 1.54) is 26.4 Å². The minimum Gasteiger partial charge on any atom is -0.494 e. The molecule has 0 fully saturated rings. The zero-order valence-electron chi connectivity index (χ0n) is 21.7. The summed E-state index contributed by atoms with van der Waals surface area (Å²) in [6, 6.07) is 19.7. The monoisotopic (exact) mass is 545 g/mol. The predicted octanol–water partition coefficient (Wildman–Crippen LogP) is 4.67. The van der Waals surface area contributed by atoms with Crippen LogP contribution in [0.25, 0.3) is 16.8 Å². The Bertz CT molecular complexity index is 1700. The Morgan fingerprint density at radius 2 is 1.62 bits per heavy atom. The lowest BCUT2D eigenvalue weighted by atomic mass is 10.0. The van der Waals surface area contributed by atoms with Crippen LogP contribution in [-0.2, 0) is 16.3 Å². The zero-order valence-corrected chi connectivity index (χ0v) is 22.5. The van der Waals surface area contributed by atoms with Gasteiger partial charge in [-0.2, -0.15) is 10.2 Å². The van der Waals surface area contributed by atoms with Gasteiger partial charge in [0, 0.05) is 6.42 Å². The minimum absolute atomic E-state index is 0.175. The summed E-state index contributed by atoms with van der Waals surface area (Å²) in [5.74, 6) is -0.154. The summed E-state index contributed by atoms with van der Waals surface area (Å²) in [6.45, 7) is 1.96. The van der Waals surface area contributed by atoms with Crippen molar-refractivity contribution in [2.45, 2.75) is 36.0 Å². The highest BCUT2D eigenvalue weighted by Gasteiger charge is 2.31. The van der Waals surface area contributed by atoms with E-state index in [9.17, 15) is 18.3 Å². The third-order valence-corrected chi connectivity index (χ3v) is 8.02. The molecule has 0 aliphatic heterocycles. The molecule has 0 atom stereocenters. The second kappa shape index (κ2) is 11.4. The van der Waals surface area contributed by atoms with Crippen LogP contribution in [0, 0.1) is 11.3 Å². The average Bonchev–Trinajstić information content (AvgIpc) is 2.95. The van der Waals surface area contributed by atoms with Gasteiger partial charge in [0.1, 0.15) is 23.0 Å². The van der Waals surface area contributed by atoms with Crippen LogP contribution in [0.4, 0.5) is 0 Å². The Kier molecular flexibility index (Phi) is 8.02. The third-order valence-electron chi connectivity index (χ3n) is 6.23. The number of unbranched alkanes of at least 4 members (excludes halogenated alkanes) is 1. The first kappa shape index (κ1) is 27.4. The van der Waals surface area contributed by atoms with Gasteiger partial charge in [0.05, 0.1) is 30.7 Å². The van der Waals surface area contributed by atoms with Crippen LogP contribution in [0.1, 0.15) is 31.2 Å². The SMILES string of the molecule is CCCCc1nc(O)c(S(=O)(=O)c2ccc(-c3cccc(C#N)c3)cc2)c(=O)n1-c1c(OC)cccc1OC. The number of aromatic hydroxyl groups is 1. The molecule has 200 valence electrons. The molecule has 0 radical (unpaired) electrons. The quantitative estimate of drug-likeness (QED) is 0.321. The van der Waals surface area contributed by atoms with Crippen molar-refractivity contribution < 1.29 is 23.0 Å². The Labute approximate surface area is 226 Å². The molecule has 1 aromatic heterocycles. The number of rotatable bonds is 9. The van der Waals surface area contributed by atoms with E-state index in [2.05, 4.69) is 11.1 Å². The van der Waals surface area contributed by atoms with Crippen molar-refractivity contribution in [2.75, 3.05) is 14.2 Å². The van der Waals surface area contributed by atoms with Crippen molar-refractivity contribution in [3.05, 3.63) is 88.5 Å². The van der Waals surface area contributed by atoms with E-state index in [0.717, 1.165) is 16.6 Å². The zero-order chi connectivity index (χ0) is 28.2. The molecule has 0 bridgehead atoms. The number of nitrogens with zero attached hydrogens (tertiary/aromatic N) is 3. The highest BCUT2D eigenvalue weighted by atomic mass is 32.2. The standard InChI is InChI=1S/C29H27N3O6S/c1-4-5-12-25-31-28(33)27(29(34)32(25)26-23(37-2)10-7-11-24(26)38-3)39(35,36)22-15-13-20(14-16-22)21-9-6-8-19(17-21)18-30/h6-11,13-17,33H,4-5,12H2,1-3H3. The van der Waals surface area contributed by atoms with E-state index in [1.54, 1.807) is 54.6 Å². The molecular formula is C29H27N3O6S. The number of nitriles is 1. The number of hydrogen-bond donors (Lipinski definition) is 1. The summed E-state index contributed by atoms with van der Waals surface area (Å²) in [4.78, 5) is 17.1. The number of sulfone groups is 1. The first-order valence-electron chi connectivity index (χ1n) is 12.2. The predicted molar refractivity (Wildman–Crippen MR) is 145 cm³/mol. The Morgan fingerprint density at radius 3 is 2.21 bits per heavy atom. The Morgan fingerprint density at radius 1 is 0.974 bits per heavy atom. The molecule has 0 aliphatic carbocycles. The summed E-state index contributed by atoms with van der Waals surface area (Å²) in [5, 5.41) is 20.0. The molecular weight excluding hydrogens is 518 g/mol. The lowest BCUT2D eigenvalue weighted by Gasteiger charge is -2.19. The van der Waals surface area contributed by atoms with Gasteiger partial charge in [-0.1, -0.05) is 43.7 Å². The number of aromatic nitrogens is 2. The van der Waals surface area contributed by atoms with Crippen LogP contribution in [-0.4, -0.2) is 37.3 Å². The summed E-state index contributed by atoms with van der Waals surface area (Å²) in [6.07, 6.45) is 1.73. The van der Waals surface area contributed by atoms with Crippen LogP contribution in [0.5, 0.6) is 17.4 Å². The highest BCUT2D eigenvalue weighted by molar-refractivity contribution is 7.91. The van der Waals surface area contributed by atoms with E-state index < -0.39 is 26.2 Å². The lowest BCUT2D eigenvalue weighted by Crippen LogP contribution is -2.29. The molecule has 0 saturated heterocycles. The molecule has 3 aromatic carbocycles. The van der Waals surface area contributed by atoms with Gasteiger partial charge in [0.15, 0.2) is 4.90 Å². The molecule has 0 aliphatic rings. The third kappa shape index (κ3) is 5.22. The number of benzene rings is 3. The van der Waals surface area contributed by atoms with Gasteiger partial charge in [-0.3, -0.25) is 9.36 Å². The summed E-state index contributed by atoms with van der Waals surface area (Å²) >= 11 is 0. The maximum Gasteiger partial charge on any atom is 0.281 e. The van der Waals surface area contributed by atoms with Crippen molar-refractivity contribution in [3.63, 3.8) is 0 Å². The van der Waals surface area contributed by atoms with E-state index in [1.807, 2.05) is 6.92 Å². The van der Waals surface area contributed by atoms with Crippen molar-refractivity contribution in [1.29, 1.82) is 5.26 Å². The molecule has 9 nitrogen and oxygen atoms in total. The second-order valence-electron chi connectivity index (χ2n) is 8.66. The molecule has 39 heavy (non-hydrogen) atoms. The molecule has 1 heterocycles. The van der Waals surface area contributed by atoms with Crippen molar-refractivity contribution in [3.8, 4) is 40.3 Å². The Hall–Kier alpha value is -4.62. The van der Waals surface area contributed by atoms with Crippen LogP contribution in [0.2, 0.25) is 0 Å². The topological polar surface area (TPSA) is 132 Å². The minimum atomic E-state index is -4.50. The largest absolute Gasteiger partial charge is 0.494 e. The van der Waals surface area contributed by atoms with Gasteiger partial charge >= 0.3 is 0 Å². The summed E-state index contributed by atoms with van der Waals surface area (Å²) < 4.78 is 39.5. The summed E-state index contributed by atoms with van der Waals surface area (Å²) in [5.41, 5.74) is 1.10. The van der Waals surface area contributed by atoms with E-state index in [-0.39, 0.29) is 27.9 Å². The number of methoxy groups -OCH3 is 2. The van der Waals surface area contributed by atoms with Gasteiger partial charge in [0.25, 0.3) is 5.56 Å². The van der Waals surface area contributed by atoms with Crippen LogP contribution in [0.15, 0.2) is 81.3 Å². The van der Waals surface area contributed by atoms with E-state index in [4.69, 9.17) is 14.7 Å². The highest BCUT2D eigenvalue weighted by Crippen LogP contribution is 2.34. The first-order chi connectivity index (χ1) is 18.8. The second-order valence-corrected chi connectivity index (χ2v) is 10.5. The molecule has 1 N–H and O–H groups in total.